The minimum Gasteiger partial charge on any atom is -0.490 e. The standard InChI is InChI=1S/C25H31I2NO3/c1-4-7-10-22-19(16-29)24-18(9-8-11-23(24)31-22)17-14-20(26)25(21(27)15-17)30-13-12-28(5-2)6-3/h8-9,11,14-15,29H,4-7,10,12-13,16H2,1-3H3. The van der Waals surface area contributed by atoms with E-state index in [0.29, 0.717) is 6.61 Å². The maximum Gasteiger partial charge on any atom is 0.146 e. The average Bonchev–Trinajstić information content (AvgIpc) is 3.14. The first-order valence-electron chi connectivity index (χ1n) is 11.0. The molecule has 0 saturated heterocycles. The van der Waals surface area contributed by atoms with Crippen molar-refractivity contribution in [1.29, 1.82) is 0 Å². The Morgan fingerprint density at radius 2 is 1.77 bits per heavy atom. The van der Waals surface area contributed by atoms with E-state index in [4.69, 9.17) is 9.15 Å². The maximum atomic E-state index is 10.1. The van der Waals surface area contributed by atoms with Crippen LogP contribution in [0, 0.1) is 7.14 Å². The van der Waals surface area contributed by atoms with Crippen LogP contribution in [0.2, 0.25) is 0 Å². The minimum atomic E-state index is -0.0101. The fourth-order valence-electron chi connectivity index (χ4n) is 3.88. The van der Waals surface area contributed by atoms with Crippen LogP contribution in [0.25, 0.3) is 22.1 Å². The van der Waals surface area contributed by atoms with Gasteiger partial charge in [0.1, 0.15) is 23.7 Å². The molecule has 1 heterocycles. The lowest BCUT2D eigenvalue weighted by atomic mass is 9.98. The number of hydrogen-bond acceptors (Lipinski definition) is 4. The molecule has 3 aromatic rings. The summed E-state index contributed by atoms with van der Waals surface area (Å²) in [4.78, 5) is 2.36. The van der Waals surface area contributed by atoms with E-state index in [9.17, 15) is 5.11 Å². The van der Waals surface area contributed by atoms with Gasteiger partial charge in [0.2, 0.25) is 0 Å². The maximum absolute atomic E-state index is 10.1. The summed E-state index contributed by atoms with van der Waals surface area (Å²) in [6.07, 6.45) is 3.01. The third-order valence-electron chi connectivity index (χ3n) is 5.67. The highest BCUT2D eigenvalue weighted by molar-refractivity contribution is 14.1. The molecule has 0 fully saturated rings. The second-order valence-electron chi connectivity index (χ2n) is 7.59. The van der Waals surface area contributed by atoms with E-state index >= 15 is 0 Å². The number of ether oxygens (including phenoxy) is 1. The molecule has 4 nitrogen and oxygen atoms in total. The largest absolute Gasteiger partial charge is 0.490 e. The molecule has 0 spiro atoms. The van der Waals surface area contributed by atoms with E-state index in [1.54, 1.807) is 0 Å². The zero-order valence-corrected chi connectivity index (χ0v) is 22.8. The number of furan rings is 1. The van der Waals surface area contributed by atoms with Crippen molar-refractivity contribution in [1.82, 2.24) is 4.90 Å². The summed E-state index contributed by atoms with van der Waals surface area (Å²) in [6.45, 7) is 10.2. The minimum absolute atomic E-state index is 0.0101. The lowest BCUT2D eigenvalue weighted by Crippen LogP contribution is -2.28. The Morgan fingerprint density at radius 3 is 2.39 bits per heavy atom. The first kappa shape index (κ1) is 24.8. The molecule has 0 atom stereocenters. The third-order valence-corrected chi connectivity index (χ3v) is 7.27. The molecule has 3 rings (SSSR count). The normalized spacial score (nSPS) is 11.6. The summed E-state index contributed by atoms with van der Waals surface area (Å²) >= 11 is 4.73. The number of fused-ring (bicyclic) bond motifs is 1. The number of likely N-dealkylation sites (N-methyl/N-ethyl adjacent to an activating group) is 1. The third kappa shape index (κ3) is 5.75. The Hall–Kier alpha value is -0.840. The molecule has 0 amide bonds. The molecule has 0 aliphatic rings. The molecule has 2 aromatic carbocycles. The SMILES string of the molecule is CCCCc1oc2cccc(-c3cc(I)c(OCCN(CC)CC)c(I)c3)c2c1CO. The molecular weight excluding hydrogens is 616 g/mol. The van der Waals surface area contributed by atoms with Gasteiger partial charge in [-0.05, 0) is 94.0 Å². The van der Waals surface area contributed by atoms with Crippen LogP contribution in [-0.2, 0) is 13.0 Å². The molecule has 0 unspecified atom stereocenters. The van der Waals surface area contributed by atoms with Gasteiger partial charge in [0, 0.05) is 23.9 Å². The predicted octanol–water partition coefficient (Wildman–Crippen LogP) is 6.86. The van der Waals surface area contributed by atoms with E-state index in [1.165, 1.54) is 0 Å². The number of aliphatic hydroxyl groups is 1. The molecule has 0 bridgehead atoms. The van der Waals surface area contributed by atoms with Crippen LogP contribution in [0.3, 0.4) is 0 Å². The molecule has 6 heteroatoms. The summed E-state index contributed by atoms with van der Waals surface area (Å²) in [5.41, 5.74) is 3.98. The predicted molar refractivity (Wildman–Crippen MR) is 145 cm³/mol. The zero-order valence-electron chi connectivity index (χ0n) is 18.5. The van der Waals surface area contributed by atoms with Crippen LogP contribution in [0.4, 0.5) is 0 Å². The van der Waals surface area contributed by atoms with Crippen molar-refractivity contribution in [2.45, 2.75) is 46.6 Å². The highest BCUT2D eigenvalue weighted by Crippen LogP contribution is 2.39. The van der Waals surface area contributed by atoms with Crippen LogP contribution < -0.4 is 4.74 Å². The van der Waals surface area contributed by atoms with Crippen molar-refractivity contribution in [3.63, 3.8) is 0 Å². The first-order chi connectivity index (χ1) is 15.0. The molecule has 1 N–H and O–H groups in total. The molecule has 0 radical (unpaired) electrons. The molecule has 0 saturated carbocycles. The van der Waals surface area contributed by atoms with Gasteiger partial charge in [0.05, 0.1) is 13.7 Å². The van der Waals surface area contributed by atoms with Gasteiger partial charge in [-0.2, -0.15) is 0 Å². The van der Waals surface area contributed by atoms with Crippen LogP contribution >= 0.6 is 45.2 Å². The van der Waals surface area contributed by atoms with Crippen molar-refractivity contribution >= 4 is 56.2 Å². The second kappa shape index (κ2) is 11.9. The Balaban J connectivity index is 1.95. The Kier molecular flexibility index (Phi) is 9.48. The van der Waals surface area contributed by atoms with E-state index in [0.717, 1.165) is 85.2 Å². The van der Waals surface area contributed by atoms with Gasteiger partial charge in [0.15, 0.2) is 0 Å². The van der Waals surface area contributed by atoms with Crippen LogP contribution in [-0.4, -0.2) is 36.2 Å². The number of benzene rings is 2. The molecular formula is C25H31I2NO3. The summed E-state index contributed by atoms with van der Waals surface area (Å²) in [5, 5.41) is 11.2. The van der Waals surface area contributed by atoms with Crippen LogP contribution in [0.5, 0.6) is 5.75 Å². The number of aliphatic hydroxyl groups excluding tert-OH is 1. The summed E-state index contributed by atoms with van der Waals surface area (Å²) < 4.78 is 14.5. The molecule has 1 aromatic heterocycles. The average molecular weight is 647 g/mol. The number of hydrogen-bond donors (Lipinski definition) is 1. The summed E-state index contributed by atoms with van der Waals surface area (Å²) in [6, 6.07) is 10.5. The van der Waals surface area contributed by atoms with Crippen molar-refractivity contribution in [2.24, 2.45) is 0 Å². The van der Waals surface area contributed by atoms with Gasteiger partial charge in [-0.25, -0.2) is 0 Å². The smallest absolute Gasteiger partial charge is 0.146 e. The fourth-order valence-corrected chi connectivity index (χ4v) is 5.96. The Labute approximate surface area is 212 Å². The van der Waals surface area contributed by atoms with Gasteiger partial charge in [-0.1, -0.05) is 39.3 Å². The lowest BCUT2D eigenvalue weighted by molar-refractivity contribution is 0.221. The Bertz CT molecular complexity index is 988. The van der Waals surface area contributed by atoms with E-state index in [2.05, 4.69) is 89.1 Å². The number of aryl methyl sites for hydroxylation is 1. The van der Waals surface area contributed by atoms with Crippen molar-refractivity contribution in [3.05, 3.63) is 48.8 Å². The van der Waals surface area contributed by atoms with Gasteiger partial charge >= 0.3 is 0 Å². The number of halogens is 2. The molecule has 0 aliphatic carbocycles. The van der Waals surface area contributed by atoms with E-state index < -0.39 is 0 Å². The number of rotatable bonds is 11. The van der Waals surface area contributed by atoms with Gasteiger partial charge in [-0.15, -0.1) is 0 Å². The molecule has 168 valence electrons. The second-order valence-corrected chi connectivity index (χ2v) is 9.91. The highest BCUT2D eigenvalue weighted by Gasteiger charge is 2.19. The summed E-state index contributed by atoms with van der Waals surface area (Å²) in [7, 11) is 0. The lowest BCUT2D eigenvalue weighted by Gasteiger charge is -2.19. The van der Waals surface area contributed by atoms with E-state index in [1.807, 2.05) is 12.1 Å². The van der Waals surface area contributed by atoms with Gasteiger partial charge in [-0.3, -0.25) is 0 Å². The number of unbranched alkanes of at least 4 members (excludes halogenated alkanes) is 1. The quantitative estimate of drug-likeness (QED) is 0.231. The number of nitrogens with zero attached hydrogens (tertiary/aromatic N) is 1. The van der Waals surface area contributed by atoms with Crippen molar-refractivity contribution in [3.8, 4) is 16.9 Å². The molecule has 0 aliphatic heterocycles. The van der Waals surface area contributed by atoms with Crippen molar-refractivity contribution in [2.75, 3.05) is 26.2 Å². The fraction of sp³-hybridized carbons (Fsp3) is 0.440. The van der Waals surface area contributed by atoms with E-state index in [-0.39, 0.29) is 6.61 Å². The monoisotopic (exact) mass is 647 g/mol. The summed E-state index contributed by atoms with van der Waals surface area (Å²) in [5.74, 6) is 1.86. The zero-order chi connectivity index (χ0) is 22.4. The van der Waals surface area contributed by atoms with Crippen molar-refractivity contribution < 1.29 is 14.3 Å². The van der Waals surface area contributed by atoms with Gasteiger partial charge in [0.25, 0.3) is 0 Å². The molecule has 31 heavy (non-hydrogen) atoms. The van der Waals surface area contributed by atoms with Gasteiger partial charge < -0.3 is 19.2 Å². The topological polar surface area (TPSA) is 45.8 Å². The highest BCUT2D eigenvalue weighted by atomic mass is 127. The first-order valence-corrected chi connectivity index (χ1v) is 13.2. The van der Waals surface area contributed by atoms with Crippen LogP contribution in [0.1, 0.15) is 44.9 Å². The Morgan fingerprint density at radius 1 is 1.06 bits per heavy atom. The van der Waals surface area contributed by atoms with Crippen LogP contribution in [0.15, 0.2) is 34.7 Å².